The number of hydrogen-bond donors (Lipinski definition) is 1. The molecule has 0 saturated carbocycles. The van der Waals surface area contributed by atoms with Gasteiger partial charge in [0.05, 0.1) is 13.2 Å². The monoisotopic (exact) mass is 271 g/mol. The molecule has 0 amide bonds. The average molecular weight is 271 g/mol. The molecule has 106 valence electrons. The Morgan fingerprint density at radius 3 is 2.45 bits per heavy atom. The molecule has 3 heteroatoms. The van der Waals surface area contributed by atoms with Gasteiger partial charge in [0.15, 0.2) is 0 Å². The Morgan fingerprint density at radius 2 is 1.85 bits per heavy atom. The summed E-state index contributed by atoms with van der Waals surface area (Å²) in [6, 6.07) is 16.1. The molecule has 0 bridgehead atoms. The number of benzene rings is 2. The van der Waals surface area contributed by atoms with Crippen molar-refractivity contribution in [2.24, 2.45) is 0 Å². The highest BCUT2D eigenvalue weighted by atomic mass is 16.5. The van der Waals surface area contributed by atoms with Gasteiger partial charge in [-0.05, 0) is 42.3 Å². The molecule has 0 aromatic heterocycles. The number of hydrogen-bond acceptors (Lipinski definition) is 3. The molecule has 0 aliphatic rings. The van der Waals surface area contributed by atoms with Crippen molar-refractivity contribution in [3.63, 3.8) is 0 Å². The summed E-state index contributed by atoms with van der Waals surface area (Å²) in [6.45, 7) is 2.58. The van der Waals surface area contributed by atoms with E-state index in [9.17, 15) is 5.11 Å². The Hall–Kier alpha value is -2.00. The first kappa shape index (κ1) is 14.4. The van der Waals surface area contributed by atoms with Gasteiger partial charge in [-0.3, -0.25) is 0 Å². The van der Waals surface area contributed by atoms with Crippen LogP contribution in [-0.4, -0.2) is 19.3 Å². The lowest BCUT2D eigenvalue weighted by Gasteiger charge is -2.20. The summed E-state index contributed by atoms with van der Waals surface area (Å²) >= 11 is 0. The van der Waals surface area contributed by atoms with Crippen LogP contribution in [0.5, 0.6) is 5.75 Å². The molecule has 0 aliphatic carbocycles. The number of rotatable bonds is 5. The molecular formula is C17H21NO2. The van der Waals surface area contributed by atoms with E-state index in [1.165, 1.54) is 5.56 Å². The maximum absolute atomic E-state index is 9.52. The van der Waals surface area contributed by atoms with Crippen LogP contribution in [0.15, 0.2) is 48.5 Å². The van der Waals surface area contributed by atoms with Gasteiger partial charge in [-0.2, -0.15) is 0 Å². The number of ether oxygens (including phenoxy) is 1. The minimum absolute atomic E-state index is 0.423. The summed E-state index contributed by atoms with van der Waals surface area (Å²) in [6.07, 6.45) is -0.423. The Balaban J connectivity index is 2.08. The van der Waals surface area contributed by atoms with Gasteiger partial charge < -0.3 is 14.7 Å². The summed E-state index contributed by atoms with van der Waals surface area (Å²) < 4.78 is 5.24. The van der Waals surface area contributed by atoms with Gasteiger partial charge in [-0.1, -0.05) is 24.3 Å². The molecule has 20 heavy (non-hydrogen) atoms. The van der Waals surface area contributed by atoms with Crippen molar-refractivity contribution in [1.29, 1.82) is 0 Å². The van der Waals surface area contributed by atoms with Crippen molar-refractivity contribution in [2.75, 3.05) is 19.1 Å². The predicted octanol–water partition coefficient (Wildman–Crippen LogP) is 3.38. The van der Waals surface area contributed by atoms with Crippen molar-refractivity contribution < 1.29 is 9.84 Å². The van der Waals surface area contributed by atoms with E-state index in [0.29, 0.717) is 0 Å². The second-order valence-electron chi connectivity index (χ2n) is 4.98. The second-order valence-corrected chi connectivity index (χ2v) is 4.98. The Morgan fingerprint density at radius 1 is 1.15 bits per heavy atom. The minimum Gasteiger partial charge on any atom is -0.497 e. The largest absolute Gasteiger partial charge is 0.497 e. The summed E-state index contributed by atoms with van der Waals surface area (Å²) in [7, 11) is 3.73. The van der Waals surface area contributed by atoms with Crippen LogP contribution in [0, 0.1) is 0 Å². The topological polar surface area (TPSA) is 32.7 Å². The number of nitrogens with zero attached hydrogens (tertiary/aromatic N) is 1. The third kappa shape index (κ3) is 3.52. The molecule has 3 nitrogen and oxygen atoms in total. The molecule has 0 heterocycles. The highest BCUT2D eigenvalue weighted by molar-refractivity contribution is 5.48. The van der Waals surface area contributed by atoms with Gasteiger partial charge in [0.1, 0.15) is 5.75 Å². The fourth-order valence-electron chi connectivity index (χ4n) is 2.14. The Kier molecular flexibility index (Phi) is 4.64. The molecule has 0 fully saturated rings. The first-order valence-electron chi connectivity index (χ1n) is 6.72. The zero-order valence-corrected chi connectivity index (χ0v) is 12.2. The zero-order valence-electron chi connectivity index (χ0n) is 12.2. The van der Waals surface area contributed by atoms with Gasteiger partial charge in [0.2, 0.25) is 0 Å². The van der Waals surface area contributed by atoms with Gasteiger partial charge in [-0.15, -0.1) is 0 Å². The lowest BCUT2D eigenvalue weighted by molar-refractivity contribution is 0.199. The summed E-state index contributed by atoms with van der Waals surface area (Å²) in [5, 5.41) is 9.52. The molecule has 0 aliphatic heterocycles. The SMILES string of the molecule is COc1cccc(CN(C)c2ccc([C@H](C)O)cc2)c1. The number of methoxy groups -OCH3 is 1. The van der Waals surface area contributed by atoms with Crippen LogP contribution in [0.4, 0.5) is 5.69 Å². The van der Waals surface area contributed by atoms with E-state index in [1.807, 2.05) is 42.5 Å². The van der Waals surface area contributed by atoms with E-state index < -0.39 is 6.10 Å². The van der Waals surface area contributed by atoms with Gasteiger partial charge >= 0.3 is 0 Å². The second kappa shape index (κ2) is 6.44. The fourth-order valence-corrected chi connectivity index (χ4v) is 2.14. The van der Waals surface area contributed by atoms with Crippen molar-refractivity contribution >= 4 is 5.69 Å². The minimum atomic E-state index is -0.423. The first-order valence-corrected chi connectivity index (χ1v) is 6.72. The van der Waals surface area contributed by atoms with Crippen molar-refractivity contribution in [3.8, 4) is 5.75 Å². The maximum atomic E-state index is 9.52. The average Bonchev–Trinajstić information content (AvgIpc) is 2.47. The van der Waals surface area contributed by atoms with Crippen LogP contribution in [-0.2, 0) is 6.54 Å². The zero-order chi connectivity index (χ0) is 14.5. The molecule has 2 aromatic rings. The predicted molar refractivity (Wildman–Crippen MR) is 82.2 cm³/mol. The molecule has 1 N–H and O–H groups in total. The van der Waals surface area contributed by atoms with Crippen LogP contribution in [0.1, 0.15) is 24.2 Å². The first-order chi connectivity index (χ1) is 9.60. The van der Waals surface area contributed by atoms with Crippen LogP contribution in [0.3, 0.4) is 0 Å². The fraction of sp³-hybridized carbons (Fsp3) is 0.294. The van der Waals surface area contributed by atoms with E-state index in [4.69, 9.17) is 4.74 Å². The van der Waals surface area contributed by atoms with E-state index in [-0.39, 0.29) is 0 Å². The van der Waals surface area contributed by atoms with Crippen LogP contribution in [0.25, 0.3) is 0 Å². The molecule has 0 radical (unpaired) electrons. The van der Waals surface area contributed by atoms with E-state index in [1.54, 1.807) is 14.0 Å². The highest BCUT2D eigenvalue weighted by Crippen LogP contribution is 2.21. The highest BCUT2D eigenvalue weighted by Gasteiger charge is 2.05. The summed E-state index contributed by atoms with van der Waals surface area (Å²) in [4.78, 5) is 2.17. The Bertz CT molecular complexity index is 549. The standard InChI is InChI=1S/C17H21NO2/c1-13(19)15-7-9-16(10-8-15)18(2)12-14-5-4-6-17(11-14)20-3/h4-11,13,19H,12H2,1-3H3/t13-/m0/s1. The quantitative estimate of drug-likeness (QED) is 0.905. The molecule has 1 atom stereocenters. The maximum Gasteiger partial charge on any atom is 0.119 e. The van der Waals surface area contributed by atoms with Gasteiger partial charge in [-0.25, -0.2) is 0 Å². The van der Waals surface area contributed by atoms with E-state index in [2.05, 4.69) is 18.0 Å². The van der Waals surface area contributed by atoms with Crippen molar-refractivity contribution in [1.82, 2.24) is 0 Å². The molecule has 0 spiro atoms. The van der Waals surface area contributed by atoms with Crippen LogP contribution >= 0.6 is 0 Å². The Labute approximate surface area is 120 Å². The molecule has 0 saturated heterocycles. The molecule has 2 aromatic carbocycles. The van der Waals surface area contributed by atoms with E-state index >= 15 is 0 Å². The summed E-state index contributed by atoms with van der Waals surface area (Å²) in [5.74, 6) is 0.875. The van der Waals surface area contributed by atoms with Crippen molar-refractivity contribution in [2.45, 2.75) is 19.6 Å². The third-order valence-electron chi connectivity index (χ3n) is 3.37. The summed E-state index contributed by atoms with van der Waals surface area (Å²) in [5.41, 5.74) is 3.26. The lowest BCUT2D eigenvalue weighted by Crippen LogP contribution is -2.16. The van der Waals surface area contributed by atoms with Crippen LogP contribution < -0.4 is 9.64 Å². The van der Waals surface area contributed by atoms with Crippen LogP contribution in [0.2, 0.25) is 0 Å². The van der Waals surface area contributed by atoms with E-state index in [0.717, 1.165) is 23.5 Å². The molecule has 2 rings (SSSR count). The van der Waals surface area contributed by atoms with Gasteiger partial charge in [0, 0.05) is 19.3 Å². The molecule has 0 unspecified atom stereocenters. The smallest absolute Gasteiger partial charge is 0.119 e. The molecular weight excluding hydrogens is 250 g/mol. The number of anilines is 1. The lowest BCUT2D eigenvalue weighted by atomic mass is 10.1. The third-order valence-corrected chi connectivity index (χ3v) is 3.37. The normalized spacial score (nSPS) is 12.0. The van der Waals surface area contributed by atoms with Gasteiger partial charge in [0.25, 0.3) is 0 Å². The number of aliphatic hydroxyl groups excluding tert-OH is 1. The van der Waals surface area contributed by atoms with Crippen molar-refractivity contribution in [3.05, 3.63) is 59.7 Å². The number of aliphatic hydroxyl groups is 1.